The van der Waals surface area contributed by atoms with E-state index in [9.17, 15) is 9.59 Å². The van der Waals surface area contributed by atoms with E-state index in [1.165, 1.54) is 0 Å². The fourth-order valence-electron chi connectivity index (χ4n) is 2.83. The monoisotopic (exact) mass is 324 g/mol. The summed E-state index contributed by atoms with van der Waals surface area (Å²) in [6.45, 7) is 2.75. The summed E-state index contributed by atoms with van der Waals surface area (Å²) in [5.41, 5.74) is 3.76. The maximum atomic E-state index is 12.0. The summed E-state index contributed by atoms with van der Waals surface area (Å²) in [5, 5.41) is 8.50. The summed E-state index contributed by atoms with van der Waals surface area (Å²) in [4.78, 5) is 28.0. The first-order valence-electron chi connectivity index (χ1n) is 7.94. The highest BCUT2D eigenvalue weighted by molar-refractivity contribution is 5.94. The predicted octanol–water partition coefficient (Wildman–Crippen LogP) is 2.32. The molecule has 2 aromatic rings. The van der Waals surface area contributed by atoms with Crippen LogP contribution in [0.25, 0.3) is 0 Å². The number of urea groups is 1. The van der Waals surface area contributed by atoms with Crippen molar-refractivity contribution in [2.45, 2.75) is 25.8 Å². The molecule has 0 radical (unpaired) electrons. The molecule has 6 heteroatoms. The third-order valence-electron chi connectivity index (χ3n) is 4.15. The SMILES string of the molecule is Cc1cccnc1CNC(=O)NCC1CC(=O)Nc2ccccc21. The second-order valence-electron chi connectivity index (χ2n) is 5.87. The molecule has 1 aromatic heterocycles. The molecule has 0 saturated heterocycles. The maximum absolute atomic E-state index is 12.0. The standard InChI is InChI=1S/C18H20N4O2/c1-12-5-4-8-19-16(12)11-21-18(24)20-10-13-9-17(23)22-15-7-3-2-6-14(13)15/h2-8,13H,9-11H2,1H3,(H,22,23)(H2,20,21,24). The van der Waals surface area contributed by atoms with E-state index in [4.69, 9.17) is 0 Å². The molecule has 0 saturated carbocycles. The predicted molar refractivity (Wildman–Crippen MR) is 91.6 cm³/mol. The minimum Gasteiger partial charge on any atom is -0.338 e. The van der Waals surface area contributed by atoms with Crippen molar-refractivity contribution < 1.29 is 9.59 Å². The van der Waals surface area contributed by atoms with E-state index in [0.717, 1.165) is 22.5 Å². The van der Waals surface area contributed by atoms with Crippen molar-refractivity contribution in [2.75, 3.05) is 11.9 Å². The molecule has 3 N–H and O–H groups in total. The van der Waals surface area contributed by atoms with Gasteiger partial charge in [0.1, 0.15) is 0 Å². The largest absolute Gasteiger partial charge is 0.338 e. The zero-order valence-corrected chi connectivity index (χ0v) is 13.5. The van der Waals surface area contributed by atoms with E-state index in [0.29, 0.717) is 19.5 Å². The van der Waals surface area contributed by atoms with E-state index in [1.54, 1.807) is 6.20 Å². The van der Waals surface area contributed by atoms with Crippen LogP contribution in [0.2, 0.25) is 0 Å². The van der Waals surface area contributed by atoms with E-state index in [2.05, 4.69) is 20.9 Å². The Morgan fingerprint density at radius 2 is 2.08 bits per heavy atom. The van der Waals surface area contributed by atoms with Crippen molar-refractivity contribution in [3.8, 4) is 0 Å². The van der Waals surface area contributed by atoms with Crippen molar-refractivity contribution in [3.63, 3.8) is 0 Å². The molecule has 6 nitrogen and oxygen atoms in total. The molecule has 24 heavy (non-hydrogen) atoms. The Labute approximate surface area is 140 Å². The number of aryl methyl sites for hydroxylation is 1. The number of amides is 3. The molecule has 1 aromatic carbocycles. The molecule has 1 atom stereocenters. The van der Waals surface area contributed by atoms with Gasteiger partial charge in [-0.25, -0.2) is 4.79 Å². The lowest BCUT2D eigenvalue weighted by Gasteiger charge is -2.25. The number of benzene rings is 1. The van der Waals surface area contributed by atoms with Crippen molar-refractivity contribution in [1.29, 1.82) is 0 Å². The topological polar surface area (TPSA) is 83.1 Å². The van der Waals surface area contributed by atoms with Gasteiger partial charge in [0.2, 0.25) is 5.91 Å². The zero-order valence-electron chi connectivity index (χ0n) is 13.5. The average Bonchev–Trinajstić information content (AvgIpc) is 2.58. The van der Waals surface area contributed by atoms with Crippen LogP contribution in [0.5, 0.6) is 0 Å². The lowest BCUT2D eigenvalue weighted by atomic mass is 9.90. The lowest BCUT2D eigenvalue weighted by Crippen LogP contribution is -2.39. The molecule has 3 amide bonds. The quantitative estimate of drug-likeness (QED) is 0.807. The van der Waals surface area contributed by atoms with Gasteiger partial charge < -0.3 is 16.0 Å². The number of pyridine rings is 1. The second-order valence-corrected chi connectivity index (χ2v) is 5.87. The Balaban J connectivity index is 1.55. The van der Waals surface area contributed by atoms with Gasteiger partial charge in [-0.15, -0.1) is 0 Å². The summed E-state index contributed by atoms with van der Waals surface area (Å²) in [6.07, 6.45) is 2.08. The molecule has 0 spiro atoms. The number of fused-ring (bicyclic) bond motifs is 1. The van der Waals surface area contributed by atoms with Crippen LogP contribution in [-0.4, -0.2) is 23.5 Å². The summed E-state index contributed by atoms with van der Waals surface area (Å²) >= 11 is 0. The van der Waals surface area contributed by atoms with E-state index >= 15 is 0 Å². The third-order valence-corrected chi connectivity index (χ3v) is 4.15. The highest BCUT2D eigenvalue weighted by atomic mass is 16.2. The van der Waals surface area contributed by atoms with Gasteiger partial charge in [-0.2, -0.15) is 0 Å². The van der Waals surface area contributed by atoms with Gasteiger partial charge in [-0.05, 0) is 30.2 Å². The lowest BCUT2D eigenvalue weighted by molar-refractivity contribution is -0.116. The number of anilines is 1. The van der Waals surface area contributed by atoms with E-state index in [-0.39, 0.29) is 17.9 Å². The van der Waals surface area contributed by atoms with Crippen molar-refractivity contribution >= 4 is 17.6 Å². The summed E-state index contributed by atoms with van der Waals surface area (Å²) < 4.78 is 0. The smallest absolute Gasteiger partial charge is 0.315 e. The van der Waals surface area contributed by atoms with Crippen LogP contribution < -0.4 is 16.0 Å². The first-order chi connectivity index (χ1) is 11.6. The fraction of sp³-hybridized carbons (Fsp3) is 0.278. The van der Waals surface area contributed by atoms with Crippen LogP contribution in [0.15, 0.2) is 42.6 Å². The first-order valence-corrected chi connectivity index (χ1v) is 7.94. The van der Waals surface area contributed by atoms with Gasteiger partial charge in [0.25, 0.3) is 0 Å². The molecular weight excluding hydrogens is 304 g/mol. The van der Waals surface area contributed by atoms with Crippen molar-refractivity contribution in [2.24, 2.45) is 0 Å². The van der Waals surface area contributed by atoms with Crippen molar-refractivity contribution in [3.05, 3.63) is 59.4 Å². The number of para-hydroxylation sites is 1. The van der Waals surface area contributed by atoms with Gasteiger partial charge in [-0.3, -0.25) is 9.78 Å². The zero-order chi connectivity index (χ0) is 16.9. The third kappa shape index (κ3) is 3.71. The summed E-state index contributed by atoms with van der Waals surface area (Å²) in [5.74, 6) is -0.0395. The average molecular weight is 324 g/mol. The molecule has 0 fully saturated rings. The molecule has 1 unspecified atom stereocenters. The summed E-state index contributed by atoms with van der Waals surface area (Å²) in [7, 11) is 0. The van der Waals surface area contributed by atoms with Crippen molar-refractivity contribution in [1.82, 2.24) is 15.6 Å². The molecule has 0 aliphatic carbocycles. The fourth-order valence-corrected chi connectivity index (χ4v) is 2.83. The Morgan fingerprint density at radius 3 is 2.92 bits per heavy atom. The first kappa shape index (κ1) is 16.0. The van der Waals surface area contributed by atoms with Crippen LogP contribution in [0.4, 0.5) is 10.5 Å². The van der Waals surface area contributed by atoms with E-state index in [1.807, 2.05) is 43.3 Å². The number of carbonyl (C=O) groups excluding carboxylic acids is 2. The number of hydrogen-bond donors (Lipinski definition) is 3. The molecule has 2 heterocycles. The minimum absolute atomic E-state index is 0.0164. The highest BCUT2D eigenvalue weighted by Gasteiger charge is 2.24. The Morgan fingerprint density at radius 1 is 1.25 bits per heavy atom. The Bertz CT molecular complexity index is 760. The Kier molecular flexibility index (Phi) is 4.74. The number of hydrogen-bond acceptors (Lipinski definition) is 3. The number of carbonyl (C=O) groups is 2. The molecule has 1 aliphatic rings. The maximum Gasteiger partial charge on any atom is 0.315 e. The van der Waals surface area contributed by atoms with Crippen LogP contribution in [0.1, 0.15) is 29.2 Å². The van der Waals surface area contributed by atoms with Gasteiger partial charge in [0.15, 0.2) is 0 Å². The van der Waals surface area contributed by atoms with Crippen LogP contribution >= 0.6 is 0 Å². The summed E-state index contributed by atoms with van der Waals surface area (Å²) in [6, 6.07) is 11.2. The molecule has 0 bridgehead atoms. The van der Waals surface area contributed by atoms with Gasteiger partial charge in [-0.1, -0.05) is 24.3 Å². The molecular formula is C18H20N4O2. The Hall–Kier alpha value is -2.89. The van der Waals surface area contributed by atoms with Gasteiger partial charge >= 0.3 is 6.03 Å². The highest BCUT2D eigenvalue weighted by Crippen LogP contribution is 2.31. The molecule has 124 valence electrons. The molecule has 1 aliphatic heterocycles. The minimum atomic E-state index is -0.261. The van der Waals surface area contributed by atoms with Crippen LogP contribution in [-0.2, 0) is 11.3 Å². The number of rotatable bonds is 4. The molecule has 3 rings (SSSR count). The second kappa shape index (κ2) is 7.12. The number of nitrogens with one attached hydrogen (secondary N) is 3. The van der Waals surface area contributed by atoms with Crippen LogP contribution in [0, 0.1) is 6.92 Å². The number of aromatic nitrogens is 1. The van der Waals surface area contributed by atoms with Crippen LogP contribution in [0.3, 0.4) is 0 Å². The normalized spacial score (nSPS) is 16.0. The number of nitrogens with zero attached hydrogens (tertiary/aromatic N) is 1. The van der Waals surface area contributed by atoms with Gasteiger partial charge in [0, 0.05) is 30.8 Å². The van der Waals surface area contributed by atoms with E-state index < -0.39 is 0 Å². The van der Waals surface area contributed by atoms with Gasteiger partial charge in [0.05, 0.1) is 12.2 Å².